The molecule has 3 heterocycles. The average Bonchev–Trinajstić information content (AvgIpc) is 2.40. The van der Waals surface area contributed by atoms with Crippen molar-refractivity contribution in [2.75, 3.05) is 0 Å². The molecular formula is C15H14N2+2. The van der Waals surface area contributed by atoms with Crippen molar-refractivity contribution in [3.63, 3.8) is 0 Å². The lowest BCUT2D eigenvalue weighted by atomic mass is 10.2. The number of hydrogen-bond acceptors (Lipinski definition) is 0. The van der Waals surface area contributed by atoms with Crippen molar-refractivity contribution in [1.29, 1.82) is 0 Å². The van der Waals surface area contributed by atoms with Gasteiger partial charge in [0, 0.05) is 42.0 Å². The fraction of sp³-hybridized carbons (Fsp3) is 0.0667. The van der Waals surface area contributed by atoms with Gasteiger partial charge in [-0.25, -0.2) is 4.57 Å². The van der Waals surface area contributed by atoms with Gasteiger partial charge >= 0.3 is 0 Å². The van der Waals surface area contributed by atoms with Crippen molar-refractivity contribution in [3.05, 3.63) is 78.9 Å². The van der Waals surface area contributed by atoms with Crippen molar-refractivity contribution in [1.82, 2.24) is 0 Å². The monoisotopic (exact) mass is 222 g/mol. The molecule has 0 radical (unpaired) electrons. The van der Waals surface area contributed by atoms with E-state index in [1.54, 1.807) is 0 Å². The van der Waals surface area contributed by atoms with E-state index in [0.717, 1.165) is 6.54 Å². The van der Waals surface area contributed by atoms with Gasteiger partial charge in [0.2, 0.25) is 5.52 Å². The molecule has 0 fully saturated rings. The predicted octanol–water partition coefficient (Wildman–Crippen LogP) is 1.76. The Morgan fingerprint density at radius 2 is 1.59 bits per heavy atom. The van der Waals surface area contributed by atoms with Crippen LogP contribution in [0.4, 0.5) is 0 Å². The molecule has 0 spiro atoms. The van der Waals surface area contributed by atoms with Gasteiger partial charge in [0.05, 0.1) is 0 Å². The zero-order valence-electron chi connectivity index (χ0n) is 9.53. The highest BCUT2D eigenvalue weighted by molar-refractivity contribution is 5.40. The van der Waals surface area contributed by atoms with E-state index in [2.05, 4.69) is 70.2 Å². The van der Waals surface area contributed by atoms with E-state index in [0.29, 0.717) is 0 Å². The van der Waals surface area contributed by atoms with Crippen LogP contribution in [0, 0.1) is 0 Å². The number of aromatic nitrogens is 2. The molecule has 0 unspecified atom stereocenters. The Balaban J connectivity index is 1.96. The van der Waals surface area contributed by atoms with Crippen molar-refractivity contribution >= 4 is 5.52 Å². The molecule has 0 aliphatic carbocycles. The predicted molar refractivity (Wildman–Crippen MR) is 65.3 cm³/mol. The molecule has 82 valence electrons. The summed E-state index contributed by atoms with van der Waals surface area (Å²) < 4.78 is 4.30. The van der Waals surface area contributed by atoms with E-state index in [1.807, 2.05) is 12.1 Å². The third-order valence-corrected chi connectivity index (χ3v) is 2.85. The first kappa shape index (κ1) is 9.97. The highest BCUT2D eigenvalue weighted by atomic mass is 14.9. The quantitative estimate of drug-likeness (QED) is 0.584. The Hall–Kier alpha value is -2.22. The largest absolute Gasteiger partial charge is 0.211 e. The molecule has 0 saturated carbocycles. The fourth-order valence-electron chi connectivity index (χ4n) is 1.99. The molecule has 3 aromatic rings. The van der Waals surface area contributed by atoms with Crippen LogP contribution in [-0.2, 0) is 6.54 Å². The van der Waals surface area contributed by atoms with Crippen LogP contribution in [0.3, 0.4) is 0 Å². The van der Waals surface area contributed by atoms with E-state index in [1.165, 1.54) is 11.1 Å². The first-order valence-electron chi connectivity index (χ1n) is 5.75. The van der Waals surface area contributed by atoms with Crippen molar-refractivity contribution < 1.29 is 8.97 Å². The van der Waals surface area contributed by atoms with Gasteiger partial charge in [-0.05, 0) is 6.07 Å². The highest BCUT2D eigenvalue weighted by Gasteiger charge is 2.06. The van der Waals surface area contributed by atoms with Crippen LogP contribution in [0.2, 0.25) is 0 Å². The Kier molecular flexibility index (Phi) is 2.54. The number of nitrogens with zero attached hydrogens (tertiary/aromatic N) is 2. The number of pyridine rings is 3. The summed E-state index contributed by atoms with van der Waals surface area (Å²) in [7, 11) is 0. The fourth-order valence-corrected chi connectivity index (χ4v) is 1.99. The molecule has 2 nitrogen and oxygen atoms in total. The second-order valence-corrected chi connectivity index (χ2v) is 4.12. The summed E-state index contributed by atoms with van der Waals surface area (Å²) in [4.78, 5) is 0. The third kappa shape index (κ3) is 2.16. The summed E-state index contributed by atoms with van der Waals surface area (Å²) in [5.41, 5.74) is 2.54. The highest BCUT2D eigenvalue weighted by Crippen LogP contribution is 2.01. The van der Waals surface area contributed by atoms with Gasteiger partial charge in [0.1, 0.15) is 0 Å². The van der Waals surface area contributed by atoms with Gasteiger partial charge in [-0.3, -0.25) is 0 Å². The molecule has 0 amide bonds. The number of fused-ring (bicyclic) bond motifs is 1. The second-order valence-electron chi connectivity index (χ2n) is 4.12. The van der Waals surface area contributed by atoms with Crippen LogP contribution >= 0.6 is 0 Å². The van der Waals surface area contributed by atoms with Crippen LogP contribution in [-0.4, -0.2) is 0 Å². The minimum Gasteiger partial charge on any atom is -0.201 e. The lowest BCUT2D eigenvalue weighted by Crippen LogP contribution is -2.33. The Bertz CT molecular complexity index is 633. The normalized spacial score (nSPS) is 10.6. The molecule has 0 bridgehead atoms. The van der Waals surface area contributed by atoms with Gasteiger partial charge in [-0.1, -0.05) is 6.07 Å². The summed E-state index contributed by atoms with van der Waals surface area (Å²) >= 11 is 0. The molecule has 17 heavy (non-hydrogen) atoms. The van der Waals surface area contributed by atoms with Crippen molar-refractivity contribution in [2.24, 2.45) is 0 Å². The van der Waals surface area contributed by atoms with E-state index in [4.69, 9.17) is 0 Å². The summed E-state index contributed by atoms with van der Waals surface area (Å²) in [5, 5.41) is 0. The lowest BCUT2D eigenvalue weighted by molar-refractivity contribution is -0.688. The Morgan fingerprint density at radius 1 is 0.765 bits per heavy atom. The molecule has 0 aliphatic heterocycles. The molecule has 3 aromatic heterocycles. The number of rotatable bonds is 2. The maximum absolute atomic E-state index is 2.22. The van der Waals surface area contributed by atoms with Gasteiger partial charge in [0.25, 0.3) is 0 Å². The molecule has 0 aliphatic rings. The van der Waals surface area contributed by atoms with Crippen LogP contribution in [0.25, 0.3) is 5.52 Å². The van der Waals surface area contributed by atoms with E-state index in [-0.39, 0.29) is 0 Å². The smallest absolute Gasteiger partial charge is 0.201 e. The topological polar surface area (TPSA) is 7.98 Å². The average molecular weight is 222 g/mol. The van der Waals surface area contributed by atoms with E-state index >= 15 is 0 Å². The van der Waals surface area contributed by atoms with Gasteiger partial charge in [-0.15, -0.1) is 0 Å². The minimum absolute atomic E-state index is 0.909. The van der Waals surface area contributed by atoms with Crippen LogP contribution in [0.15, 0.2) is 73.3 Å². The van der Waals surface area contributed by atoms with Gasteiger partial charge < -0.3 is 0 Å². The van der Waals surface area contributed by atoms with Gasteiger partial charge in [-0.2, -0.15) is 4.40 Å². The summed E-state index contributed by atoms with van der Waals surface area (Å²) in [6.07, 6.45) is 8.34. The lowest BCUT2D eigenvalue weighted by Gasteiger charge is -1.97. The first-order valence-corrected chi connectivity index (χ1v) is 5.75. The van der Waals surface area contributed by atoms with Crippen molar-refractivity contribution in [3.8, 4) is 0 Å². The third-order valence-electron chi connectivity index (χ3n) is 2.85. The van der Waals surface area contributed by atoms with Crippen LogP contribution in [0.5, 0.6) is 0 Å². The SMILES string of the molecule is c1cc[n+](Cc2cc[n+]3ccccc3c2)cc1. The van der Waals surface area contributed by atoms with Crippen molar-refractivity contribution in [2.45, 2.75) is 6.54 Å². The Morgan fingerprint density at radius 3 is 2.47 bits per heavy atom. The van der Waals surface area contributed by atoms with Crippen LogP contribution in [0.1, 0.15) is 5.56 Å². The summed E-state index contributed by atoms with van der Waals surface area (Å²) in [6, 6.07) is 16.7. The molecule has 0 saturated heterocycles. The Labute approximate surface area is 100 Å². The summed E-state index contributed by atoms with van der Waals surface area (Å²) in [6.45, 7) is 0.909. The maximum atomic E-state index is 2.22. The molecule has 0 aromatic carbocycles. The molecular weight excluding hydrogens is 208 g/mol. The summed E-state index contributed by atoms with van der Waals surface area (Å²) in [5.74, 6) is 0. The second kappa shape index (κ2) is 4.34. The molecule has 0 atom stereocenters. The van der Waals surface area contributed by atoms with Crippen LogP contribution < -0.4 is 8.97 Å². The number of hydrogen-bond donors (Lipinski definition) is 0. The van der Waals surface area contributed by atoms with Gasteiger partial charge in [0.15, 0.2) is 31.3 Å². The zero-order valence-corrected chi connectivity index (χ0v) is 9.53. The van der Waals surface area contributed by atoms with E-state index in [9.17, 15) is 0 Å². The van der Waals surface area contributed by atoms with E-state index < -0.39 is 0 Å². The molecule has 0 N–H and O–H groups in total. The first-order chi connectivity index (χ1) is 8.42. The minimum atomic E-state index is 0.909. The maximum Gasteiger partial charge on any atom is 0.211 e. The molecule has 2 heteroatoms. The zero-order chi connectivity index (χ0) is 11.5. The molecule has 3 rings (SSSR count). The standard InChI is InChI=1S/C15H14N2/c1-3-8-16(9-4-1)13-14-7-11-17-10-5-2-6-15(17)12-14/h1-12H,13H2/q+2.